The van der Waals surface area contributed by atoms with Gasteiger partial charge in [0, 0.05) is 21.9 Å². The minimum absolute atomic E-state index is 0.222. The molecule has 3 rings (SSSR count). The molecule has 0 saturated heterocycles. The van der Waals surface area contributed by atoms with Gasteiger partial charge in [0.05, 0.1) is 11.4 Å². The summed E-state index contributed by atoms with van der Waals surface area (Å²) in [7, 11) is 0. The highest BCUT2D eigenvalue weighted by molar-refractivity contribution is 9.08. The smallest absolute Gasteiger partial charge is 0.123 e. The molecule has 1 aromatic heterocycles. The predicted octanol–water partition coefficient (Wildman–Crippen LogP) is 5.44. The normalized spacial score (nSPS) is 11.7. The average Bonchev–Trinajstić information content (AvgIpc) is 3.01. The van der Waals surface area contributed by atoms with Crippen LogP contribution in [0.1, 0.15) is 30.7 Å². The van der Waals surface area contributed by atoms with Crippen molar-refractivity contribution < 1.29 is 4.39 Å². The molecular formula is C19H18BrFN2. The zero-order valence-corrected chi connectivity index (χ0v) is 14.7. The number of hydrogen-bond donors (Lipinski definition) is 1. The topological polar surface area (TPSA) is 28.7 Å². The molecule has 0 spiro atoms. The molecule has 2 nitrogen and oxygen atoms in total. The number of alkyl halides is 1. The molecule has 0 atom stereocenters. The van der Waals surface area contributed by atoms with Gasteiger partial charge in [-0.25, -0.2) is 4.39 Å². The monoisotopic (exact) mass is 372 g/mol. The van der Waals surface area contributed by atoms with E-state index in [2.05, 4.69) is 52.1 Å². The SMILES string of the molecule is CC(C)(c1ccc(F)cc1)c1c(-c2ccccc2)n[nH]c1CBr. The molecule has 118 valence electrons. The Balaban J connectivity index is 2.18. The van der Waals surface area contributed by atoms with Crippen molar-refractivity contribution in [1.82, 2.24) is 10.2 Å². The lowest BCUT2D eigenvalue weighted by Gasteiger charge is -2.27. The molecule has 0 saturated carbocycles. The number of rotatable bonds is 4. The maximum atomic E-state index is 13.3. The third-order valence-electron chi connectivity index (χ3n) is 4.21. The van der Waals surface area contributed by atoms with E-state index >= 15 is 0 Å². The Morgan fingerprint density at radius 3 is 2.30 bits per heavy atom. The van der Waals surface area contributed by atoms with E-state index in [4.69, 9.17) is 0 Å². The molecule has 1 N–H and O–H groups in total. The van der Waals surface area contributed by atoms with Crippen molar-refractivity contribution in [2.45, 2.75) is 24.6 Å². The summed E-state index contributed by atoms with van der Waals surface area (Å²) in [6.07, 6.45) is 0. The van der Waals surface area contributed by atoms with Gasteiger partial charge in [0.15, 0.2) is 0 Å². The zero-order chi connectivity index (χ0) is 16.4. The second kappa shape index (κ2) is 6.28. The van der Waals surface area contributed by atoms with Gasteiger partial charge in [0.1, 0.15) is 5.82 Å². The Morgan fingerprint density at radius 2 is 1.70 bits per heavy atom. The van der Waals surface area contributed by atoms with E-state index < -0.39 is 0 Å². The maximum Gasteiger partial charge on any atom is 0.123 e. The third kappa shape index (κ3) is 2.95. The summed E-state index contributed by atoms with van der Waals surface area (Å²) in [5, 5.41) is 8.36. The summed E-state index contributed by atoms with van der Waals surface area (Å²) in [4.78, 5) is 0. The molecule has 3 aromatic rings. The largest absolute Gasteiger partial charge is 0.281 e. The van der Waals surface area contributed by atoms with Crippen LogP contribution < -0.4 is 0 Å². The van der Waals surface area contributed by atoms with Crippen molar-refractivity contribution in [3.8, 4) is 11.3 Å². The second-order valence-electron chi connectivity index (χ2n) is 6.06. The van der Waals surface area contributed by atoms with E-state index in [1.165, 1.54) is 12.1 Å². The Morgan fingerprint density at radius 1 is 1.04 bits per heavy atom. The first-order chi connectivity index (χ1) is 11.0. The van der Waals surface area contributed by atoms with Crippen LogP contribution in [-0.2, 0) is 10.7 Å². The summed E-state index contributed by atoms with van der Waals surface area (Å²) in [6.45, 7) is 4.29. The summed E-state index contributed by atoms with van der Waals surface area (Å²) >= 11 is 3.54. The molecule has 0 fully saturated rings. The van der Waals surface area contributed by atoms with Gasteiger partial charge in [-0.05, 0) is 17.7 Å². The van der Waals surface area contributed by atoms with Crippen LogP contribution in [-0.4, -0.2) is 10.2 Å². The molecule has 0 unspecified atom stereocenters. The lowest BCUT2D eigenvalue weighted by Crippen LogP contribution is -2.21. The van der Waals surface area contributed by atoms with Gasteiger partial charge in [0.2, 0.25) is 0 Å². The van der Waals surface area contributed by atoms with Crippen LogP contribution in [0.4, 0.5) is 4.39 Å². The quantitative estimate of drug-likeness (QED) is 0.607. The predicted molar refractivity (Wildman–Crippen MR) is 95.2 cm³/mol. The molecule has 0 radical (unpaired) electrons. The van der Waals surface area contributed by atoms with Crippen molar-refractivity contribution in [3.05, 3.63) is 77.2 Å². The molecule has 4 heteroatoms. The van der Waals surface area contributed by atoms with Crippen LogP contribution in [0.5, 0.6) is 0 Å². The summed E-state index contributed by atoms with van der Waals surface area (Å²) in [5.74, 6) is -0.222. The fourth-order valence-corrected chi connectivity index (χ4v) is 3.37. The number of halogens is 2. The fourth-order valence-electron chi connectivity index (χ4n) is 2.96. The number of hydrogen-bond acceptors (Lipinski definition) is 1. The van der Waals surface area contributed by atoms with Gasteiger partial charge >= 0.3 is 0 Å². The van der Waals surface area contributed by atoms with E-state index in [9.17, 15) is 4.39 Å². The zero-order valence-electron chi connectivity index (χ0n) is 13.1. The Hall–Kier alpha value is -1.94. The molecule has 23 heavy (non-hydrogen) atoms. The number of nitrogens with one attached hydrogen (secondary N) is 1. The van der Waals surface area contributed by atoms with Gasteiger partial charge in [-0.15, -0.1) is 0 Å². The number of aromatic nitrogens is 2. The van der Waals surface area contributed by atoms with E-state index in [0.717, 1.165) is 28.1 Å². The molecule has 1 heterocycles. The number of benzene rings is 2. The summed E-state index contributed by atoms with van der Waals surface area (Å²) < 4.78 is 13.3. The first-order valence-electron chi connectivity index (χ1n) is 7.49. The van der Waals surface area contributed by atoms with Crippen molar-refractivity contribution >= 4 is 15.9 Å². The van der Waals surface area contributed by atoms with Crippen molar-refractivity contribution in [2.24, 2.45) is 0 Å². The van der Waals surface area contributed by atoms with Crippen LogP contribution >= 0.6 is 15.9 Å². The Bertz CT molecular complexity index is 792. The Labute approximate surface area is 143 Å². The molecule has 0 aliphatic rings. The number of nitrogens with zero attached hydrogens (tertiary/aromatic N) is 1. The maximum absolute atomic E-state index is 13.3. The van der Waals surface area contributed by atoms with E-state index in [1.807, 2.05) is 30.3 Å². The highest BCUT2D eigenvalue weighted by Crippen LogP contribution is 2.39. The van der Waals surface area contributed by atoms with Gasteiger partial charge < -0.3 is 0 Å². The average molecular weight is 373 g/mol. The second-order valence-corrected chi connectivity index (χ2v) is 6.62. The fraction of sp³-hybridized carbons (Fsp3) is 0.211. The first kappa shape index (κ1) is 15.9. The highest BCUT2D eigenvalue weighted by Gasteiger charge is 2.31. The van der Waals surface area contributed by atoms with Crippen LogP contribution in [0, 0.1) is 5.82 Å². The van der Waals surface area contributed by atoms with Crippen LogP contribution in [0.3, 0.4) is 0 Å². The summed E-state index contributed by atoms with van der Waals surface area (Å²) in [6, 6.07) is 16.8. The number of aromatic amines is 1. The van der Waals surface area contributed by atoms with Gasteiger partial charge in [-0.3, -0.25) is 5.10 Å². The molecule has 0 aliphatic carbocycles. The molecule has 0 amide bonds. The molecule has 0 aliphatic heterocycles. The third-order valence-corrected chi connectivity index (χ3v) is 4.77. The molecular weight excluding hydrogens is 355 g/mol. The van der Waals surface area contributed by atoms with Crippen LogP contribution in [0.25, 0.3) is 11.3 Å². The standard InChI is InChI=1S/C19H18BrFN2/c1-19(2,14-8-10-15(21)11-9-14)17-16(12-20)22-23-18(17)13-6-4-3-5-7-13/h3-11H,12H2,1-2H3,(H,22,23). The molecule has 0 bridgehead atoms. The van der Waals surface area contributed by atoms with Crippen LogP contribution in [0.2, 0.25) is 0 Å². The van der Waals surface area contributed by atoms with E-state index in [-0.39, 0.29) is 11.2 Å². The first-order valence-corrected chi connectivity index (χ1v) is 8.61. The van der Waals surface area contributed by atoms with E-state index in [0.29, 0.717) is 5.33 Å². The van der Waals surface area contributed by atoms with E-state index in [1.54, 1.807) is 0 Å². The van der Waals surface area contributed by atoms with Gasteiger partial charge in [0.25, 0.3) is 0 Å². The van der Waals surface area contributed by atoms with Gasteiger partial charge in [-0.1, -0.05) is 72.2 Å². The minimum Gasteiger partial charge on any atom is -0.281 e. The van der Waals surface area contributed by atoms with Crippen molar-refractivity contribution in [3.63, 3.8) is 0 Å². The lowest BCUT2D eigenvalue weighted by molar-refractivity contribution is 0.613. The van der Waals surface area contributed by atoms with Crippen molar-refractivity contribution in [1.29, 1.82) is 0 Å². The molecule has 2 aromatic carbocycles. The van der Waals surface area contributed by atoms with Crippen LogP contribution in [0.15, 0.2) is 54.6 Å². The highest BCUT2D eigenvalue weighted by atomic mass is 79.9. The minimum atomic E-state index is -0.297. The Kier molecular flexibility index (Phi) is 4.35. The van der Waals surface area contributed by atoms with Crippen molar-refractivity contribution in [2.75, 3.05) is 0 Å². The lowest BCUT2D eigenvalue weighted by atomic mass is 9.76. The van der Waals surface area contributed by atoms with Gasteiger partial charge in [-0.2, -0.15) is 5.10 Å². The number of H-pyrrole nitrogens is 1. The summed E-state index contributed by atoms with van der Waals surface area (Å²) in [5.41, 5.74) is 4.94.